The van der Waals surface area contributed by atoms with Crippen molar-refractivity contribution in [2.75, 3.05) is 18.5 Å². The second-order valence-corrected chi connectivity index (χ2v) is 7.02. The van der Waals surface area contributed by atoms with Gasteiger partial charge < -0.3 is 10.2 Å². The van der Waals surface area contributed by atoms with Crippen molar-refractivity contribution in [1.82, 2.24) is 5.32 Å². The van der Waals surface area contributed by atoms with E-state index in [4.69, 9.17) is 0 Å². The highest BCUT2D eigenvalue weighted by Gasteiger charge is 2.49. The molecule has 1 heterocycles. The molecule has 3 rings (SSSR count). The highest BCUT2D eigenvalue weighted by Crippen LogP contribution is 2.46. The summed E-state index contributed by atoms with van der Waals surface area (Å²) in [5, 5.41) is 1.89. The predicted octanol–water partition coefficient (Wildman–Crippen LogP) is 3.60. The number of anilines is 1. The smallest absolute Gasteiger partial charge is 0.347 e. The van der Waals surface area contributed by atoms with Gasteiger partial charge in [0, 0.05) is 19.2 Å². The molecule has 2 aromatic rings. The Bertz CT molecular complexity index is 867. The lowest BCUT2D eigenvalue weighted by molar-refractivity contribution is -0.138. The lowest BCUT2D eigenvalue weighted by Gasteiger charge is -2.28. The molecule has 148 valence electrons. The van der Waals surface area contributed by atoms with Gasteiger partial charge in [-0.15, -0.1) is 0 Å². The van der Waals surface area contributed by atoms with Crippen molar-refractivity contribution in [3.8, 4) is 0 Å². The number of alkyl halides is 3. The molecule has 0 aromatic heterocycles. The van der Waals surface area contributed by atoms with E-state index in [0.717, 1.165) is 16.8 Å². The van der Waals surface area contributed by atoms with Crippen LogP contribution >= 0.6 is 0 Å². The number of hydrogen-bond acceptors (Lipinski definition) is 2. The number of halogens is 3. The summed E-state index contributed by atoms with van der Waals surface area (Å²) in [6.07, 6.45) is -4.13. The van der Waals surface area contributed by atoms with E-state index < -0.39 is 24.0 Å². The maximum Gasteiger partial charge on any atom is 0.405 e. The molecular weight excluding hydrogens is 369 g/mol. The number of carbonyl (C=O) groups is 2. The van der Waals surface area contributed by atoms with Crippen LogP contribution in [-0.4, -0.2) is 31.6 Å². The molecule has 28 heavy (non-hydrogen) atoms. The largest absolute Gasteiger partial charge is 0.405 e. The second-order valence-electron chi connectivity index (χ2n) is 7.02. The quantitative estimate of drug-likeness (QED) is 0.819. The summed E-state index contributed by atoms with van der Waals surface area (Å²) >= 11 is 0. The number of para-hydroxylation sites is 1. The van der Waals surface area contributed by atoms with E-state index in [1.54, 1.807) is 11.9 Å². The molecule has 0 aliphatic carbocycles. The highest BCUT2D eigenvalue weighted by molar-refractivity contribution is 6.08. The van der Waals surface area contributed by atoms with E-state index in [0.29, 0.717) is 6.42 Å². The van der Waals surface area contributed by atoms with Crippen molar-refractivity contribution in [3.05, 3.63) is 65.7 Å². The van der Waals surface area contributed by atoms with Gasteiger partial charge in [-0.25, -0.2) is 0 Å². The SMILES string of the molecule is CN1C(=O)C(CCC(=O)NCC(F)(F)F)(Cc2ccccc2)c2ccccc21. The van der Waals surface area contributed by atoms with Crippen LogP contribution in [0.3, 0.4) is 0 Å². The van der Waals surface area contributed by atoms with Crippen LogP contribution in [0.1, 0.15) is 24.0 Å². The van der Waals surface area contributed by atoms with Gasteiger partial charge in [-0.05, 0) is 30.0 Å². The zero-order valence-corrected chi connectivity index (χ0v) is 15.4. The van der Waals surface area contributed by atoms with E-state index in [1.165, 1.54) is 0 Å². The van der Waals surface area contributed by atoms with Crippen LogP contribution in [0.25, 0.3) is 0 Å². The molecule has 0 saturated heterocycles. The topological polar surface area (TPSA) is 49.4 Å². The summed E-state index contributed by atoms with van der Waals surface area (Å²) in [5.74, 6) is -0.870. The number of fused-ring (bicyclic) bond motifs is 1. The third-order valence-corrected chi connectivity index (χ3v) is 5.11. The maximum atomic E-state index is 13.2. The Hall–Kier alpha value is -2.83. The fraction of sp³-hybridized carbons (Fsp3) is 0.333. The van der Waals surface area contributed by atoms with Gasteiger partial charge in [0.2, 0.25) is 11.8 Å². The third-order valence-electron chi connectivity index (χ3n) is 5.11. The summed E-state index contributed by atoms with van der Waals surface area (Å²) in [6, 6.07) is 16.8. The molecular formula is C21H21F3N2O2. The Balaban J connectivity index is 1.89. The molecule has 1 unspecified atom stereocenters. The van der Waals surface area contributed by atoms with Crippen LogP contribution in [0.15, 0.2) is 54.6 Å². The summed E-state index contributed by atoms with van der Waals surface area (Å²) in [7, 11) is 1.68. The number of amides is 2. The molecule has 0 radical (unpaired) electrons. The monoisotopic (exact) mass is 390 g/mol. The number of benzene rings is 2. The number of hydrogen-bond donors (Lipinski definition) is 1. The summed E-state index contributed by atoms with van der Waals surface area (Å²) in [4.78, 5) is 26.8. The first-order valence-corrected chi connectivity index (χ1v) is 8.98. The lowest BCUT2D eigenvalue weighted by atomic mass is 9.73. The molecule has 1 N–H and O–H groups in total. The summed E-state index contributed by atoms with van der Waals surface area (Å²) < 4.78 is 37.1. The van der Waals surface area contributed by atoms with Gasteiger partial charge in [0.1, 0.15) is 6.54 Å². The van der Waals surface area contributed by atoms with Gasteiger partial charge in [0.25, 0.3) is 0 Å². The van der Waals surface area contributed by atoms with E-state index in [9.17, 15) is 22.8 Å². The zero-order chi connectivity index (χ0) is 20.4. The Labute approximate surface area is 161 Å². The minimum absolute atomic E-state index is 0.131. The summed E-state index contributed by atoms with van der Waals surface area (Å²) in [5.41, 5.74) is 1.51. The van der Waals surface area contributed by atoms with Crippen molar-refractivity contribution >= 4 is 17.5 Å². The number of nitrogens with one attached hydrogen (secondary N) is 1. The minimum atomic E-state index is -4.46. The Morgan fingerprint density at radius 3 is 2.39 bits per heavy atom. The van der Waals surface area contributed by atoms with Crippen molar-refractivity contribution in [3.63, 3.8) is 0 Å². The van der Waals surface area contributed by atoms with Crippen LogP contribution < -0.4 is 10.2 Å². The Kier molecular flexibility index (Phi) is 5.45. The van der Waals surface area contributed by atoms with Crippen molar-refractivity contribution in [2.24, 2.45) is 0 Å². The first-order chi connectivity index (χ1) is 13.2. The van der Waals surface area contributed by atoms with Crippen LogP contribution in [0.2, 0.25) is 0 Å². The van der Waals surface area contributed by atoms with E-state index in [1.807, 2.05) is 59.9 Å². The number of nitrogens with zero attached hydrogens (tertiary/aromatic N) is 1. The Morgan fingerprint density at radius 1 is 1.07 bits per heavy atom. The average Bonchev–Trinajstić information content (AvgIpc) is 2.88. The molecule has 7 heteroatoms. The number of rotatable bonds is 6. The number of carbonyl (C=O) groups excluding carboxylic acids is 2. The van der Waals surface area contributed by atoms with Gasteiger partial charge in [-0.2, -0.15) is 13.2 Å². The predicted molar refractivity (Wildman–Crippen MR) is 100.0 cm³/mol. The van der Waals surface area contributed by atoms with Crippen molar-refractivity contribution < 1.29 is 22.8 Å². The molecule has 2 amide bonds. The zero-order valence-electron chi connectivity index (χ0n) is 15.4. The molecule has 0 spiro atoms. The van der Waals surface area contributed by atoms with Gasteiger partial charge >= 0.3 is 6.18 Å². The average molecular weight is 390 g/mol. The first-order valence-electron chi connectivity index (χ1n) is 8.98. The minimum Gasteiger partial charge on any atom is -0.347 e. The highest BCUT2D eigenvalue weighted by atomic mass is 19.4. The standard InChI is InChI=1S/C21H21F3N2O2/c1-26-17-10-6-5-9-16(17)20(19(26)28,13-15-7-3-2-4-8-15)12-11-18(27)25-14-21(22,23)24/h2-10H,11-14H2,1H3,(H,25,27). The molecule has 2 aromatic carbocycles. The van der Waals surface area contributed by atoms with E-state index >= 15 is 0 Å². The van der Waals surface area contributed by atoms with E-state index in [2.05, 4.69) is 0 Å². The van der Waals surface area contributed by atoms with E-state index in [-0.39, 0.29) is 18.7 Å². The normalized spacial score (nSPS) is 18.9. The fourth-order valence-electron chi connectivity index (χ4n) is 3.78. The maximum absolute atomic E-state index is 13.2. The molecule has 1 atom stereocenters. The van der Waals surface area contributed by atoms with Gasteiger partial charge in [0.15, 0.2) is 0 Å². The number of likely N-dealkylation sites (N-methyl/N-ethyl adjacent to an activating group) is 1. The molecule has 1 aliphatic rings. The van der Waals surface area contributed by atoms with Crippen LogP contribution in [0, 0.1) is 0 Å². The van der Waals surface area contributed by atoms with Crippen molar-refractivity contribution in [2.45, 2.75) is 30.9 Å². The molecule has 4 nitrogen and oxygen atoms in total. The molecule has 0 bridgehead atoms. The van der Waals surface area contributed by atoms with Gasteiger partial charge in [-0.3, -0.25) is 9.59 Å². The lowest BCUT2D eigenvalue weighted by Crippen LogP contribution is -2.42. The first kappa shape index (κ1) is 19.9. The fourth-order valence-corrected chi connectivity index (χ4v) is 3.78. The third kappa shape index (κ3) is 4.03. The van der Waals surface area contributed by atoms with Gasteiger partial charge in [-0.1, -0.05) is 48.5 Å². The molecule has 1 aliphatic heterocycles. The van der Waals surface area contributed by atoms with Crippen LogP contribution in [0.5, 0.6) is 0 Å². The summed E-state index contributed by atoms with van der Waals surface area (Å²) in [6.45, 7) is -1.37. The van der Waals surface area contributed by atoms with Crippen LogP contribution in [-0.2, 0) is 21.4 Å². The Morgan fingerprint density at radius 2 is 1.71 bits per heavy atom. The molecule has 0 saturated carbocycles. The van der Waals surface area contributed by atoms with Gasteiger partial charge in [0.05, 0.1) is 5.41 Å². The second kappa shape index (κ2) is 7.66. The van der Waals surface area contributed by atoms with Crippen molar-refractivity contribution in [1.29, 1.82) is 0 Å². The van der Waals surface area contributed by atoms with Crippen LogP contribution in [0.4, 0.5) is 18.9 Å². The molecule has 0 fully saturated rings.